The van der Waals surface area contributed by atoms with Gasteiger partial charge in [-0.2, -0.15) is 0 Å². The first-order valence-corrected chi connectivity index (χ1v) is 27.9. The second-order valence-electron chi connectivity index (χ2n) is 23.2. The first kappa shape index (κ1) is 53.5. The summed E-state index contributed by atoms with van der Waals surface area (Å²) in [4.78, 5) is 14.6. The molecule has 1 unspecified atom stereocenters. The van der Waals surface area contributed by atoms with Crippen LogP contribution in [0.3, 0.4) is 0 Å². The summed E-state index contributed by atoms with van der Waals surface area (Å²) < 4.78 is 8.06. The highest BCUT2D eigenvalue weighted by Crippen LogP contribution is 2.60. The van der Waals surface area contributed by atoms with E-state index in [-0.39, 0.29) is 15.3 Å². The Morgan fingerprint density at radius 1 is 0.532 bits per heavy atom. The Hall–Kier alpha value is -1.13. The minimum absolute atomic E-state index is 0.0855. The lowest BCUT2D eigenvalue weighted by Gasteiger charge is -2.51. The maximum Gasteiger partial charge on any atom is 0.199 e. The van der Waals surface area contributed by atoms with Crippen molar-refractivity contribution in [1.82, 2.24) is 0 Å². The van der Waals surface area contributed by atoms with E-state index in [1.807, 2.05) is 11.8 Å². The summed E-state index contributed by atoms with van der Waals surface area (Å²) in [7, 11) is 0. The molecule has 4 rings (SSSR count). The van der Waals surface area contributed by atoms with Crippen LogP contribution >= 0.6 is 23.5 Å². The quantitative estimate of drug-likeness (QED) is 0.0926. The average molecular weight is 892 g/mol. The molecular weight excluding hydrogens is 793 g/mol. The van der Waals surface area contributed by atoms with Crippen molar-refractivity contribution < 1.29 is 9.53 Å². The highest BCUT2D eigenvalue weighted by molar-refractivity contribution is 8.02. The van der Waals surface area contributed by atoms with Crippen LogP contribution in [-0.4, -0.2) is 20.2 Å². The first-order chi connectivity index (χ1) is 29.1. The number of allylic oxidation sites excluding steroid dienone is 2. The van der Waals surface area contributed by atoms with Gasteiger partial charge in [0.1, 0.15) is 5.75 Å². The van der Waals surface area contributed by atoms with Crippen molar-refractivity contribution in [3.63, 3.8) is 0 Å². The molecule has 0 saturated carbocycles. The van der Waals surface area contributed by atoms with Crippen LogP contribution in [0.1, 0.15) is 247 Å². The molecule has 0 spiro atoms. The largest absolute Gasteiger partial charge is 0.468 e. The molecule has 7 atom stereocenters. The van der Waals surface area contributed by atoms with E-state index in [1.165, 1.54) is 155 Å². The van der Waals surface area contributed by atoms with E-state index < -0.39 is 4.93 Å². The fourth-order valence-corrected chi connectivity index (χ4v) is 14.9. The van der Waals surface area contributed by atoms with Crippen molar-refractivity contribution in [3.05, 3.63) is 44.5 Å². The van der Waals surface area contributed by atoms with Gasteiger partial charge in [0.15, 0.2) is 10.7 Å². The molecule has 1 aliphatic carbocycles. The summed E-state index contributed by atoms with van der Waals surface area (Å²) in [6.45, 7) is 37.7. The third-order valence-corrected chi connectivity index (χ3v) is 19.7. The minimum Gasteiger partial charge on any atom is -0.468 e. The van der Waals surface area contributed by atoms with Gasteiger partial charge >= 0.3 is 0 Å². The van der Waals surface area contributed by atoms with Crippen LogP contribution in [0.2, 0.25) is 0 Å². The van der Waals surface area contributed by atoms with Gasteiger partial charge in [0.05, 0.1) is 0 Å². The predicted molar refractivity (Wildman–Crippen MR) is 277 cm³/mol. The normalized spacial score (nSPS) is 25.0. The molecule has 4 heteroatoms. The smallest absolute Gasteiger partial charge is 0.199 e. The first-order valence-electron chi connectivity index (χ1n) is 26.3. The number of carbonyl (C=O) groups is 1. The zero-order chi connectivity index (χ0) is 46.0. The molecule has 0 radical (unpaired) electrons. The summed E-state index contributed by atoms with van der Waals surface area (Å²) >= 11 is 4.22. The molecule has 2 nitrogen and oxygen atoms in total. The highest BCUT2D eigenvalue weighted by atomic mass is 32.2. The second kappa shape index (κ2) is 24.1. The van der Waals surface area contributed by atoms with E-state index in [2.05, 4.69) is 123 Å². The zero-order valence-corrected chi connectivity index (χ0v) is 45.3. The molecular formula is C58H98O2S2. The molecule has 0 aromatic heterocycles. The molecule has 0 amide bonds. The number of benzene rings is 1. The van der Waals surface area contributed by atoms with Crippen LogP contribution in [0.25, 0.3) is 0 Å². The van der Waals surface area contributed by atoms with Crippen molar-refractivity contribution in [3.8, 4) is 5.75 Å². The molecule has 0 bridgehead atoms. The number of rotatable bonds is 26. The maximum absolute atomic E-state index is 13.7. The van der Waals surface area contributed by atoms with Crippen molar-refractivity contribution in [2.75, 3.05) is 0 Å². The molecule has 2 heterocycles. The van der Waals surface area contributed by atoms with Gasteiger partial charge in [-0.3, -0.25) is 4.79 Å². The summed E-state index contributed by atoms with van der Waals surface area (Å²) in [5.74, 6) is 6.28. The Kier molecular flexibility index (Phi) is 20.8. The van der Waals surface area contributed by atoms with Crippen molar-refractivity contribution in [1.29, 1.82) is 0 Å². The van der Waals surface area contributed by atoms with Crippen molar-refractivity contribution >= 4 is 29.3 Å². The Morgan fingerprint density at radius 2 is 0.968 bits per heavy atom. The third-order valence-electron chi connectivity index (χ3n) is 16.2. The fourth-order valence-electron chi connectivity index (χ4n) is 11.3. The topological polar surface area (TPSA) is 26.3 Å². The molecule has 354 valence electrons. The number of ether oxygens (including phenoxy) is 1. The van der Waals surface area contributed by atoms with E-state index in [9.17, 15) is 4.79 Å². The van der Waals surface area contributed by atoms with Gasteiger partial charge in [-0.25, -0.2) is 0 Å². The number of fused-ring (bicyclic) bond motifs is 2. The minimum atomic E-state index is -0.637. The Labute approximate surface area is 394 Å². The Balaban J connectivity index is 1.42. The fraction of sp³-hybridized carbons (Fsp3) is 0.810. The van der Waals surface area contributed by atoms with Gasteiger partial charge in [-0.05, 0) is 149 Å². The van der Waals surface area contributed by atoms with Crippen LogP contribution in [0.5, 0.6) is 5.75 Å². The molecule has 1 fully saturated rings. The highest BCUT2D eigenvalue weighted by Gasteiger charge is 2.53. The molecule has 1 aromatic carbocycles. The SMILES string of the molecule is CC1=C(C)C2(Oc3c(C)c(C)c4c(c3C)CC[C@@](C)(CCC[C@H](C)CCC[C@H](C)CCCC(C)C)S4)S[C@](C)(CCC[C@H](C)CCC[C@H](C)CCCC(C)C)CCC2=C(C)C1=O. The Morgan fingerprint density at radius 3 is 1.45 bits per heavy atom. The van der Waals surface area contributed by atoms with Crippen LogP contribution in [0.15, 0.2) is 27.2 Å². The van der Waals surface area contributed by atoms with Gasteiger partial charge in [-0.1, -0.05) is 184 Å². The van der Waals surface area contributed by atoms with E-state index in [0.29, 0.717) is 0 Å². The lowest BCUT2D eigenvalue weighted by Crippen LogP contribution is -2.49. The van der Waals surface area contributed by atoms with Gasteiger partial charge in [-0.15, -0.1) is 11.8 Å². The van der Waals surface area contributed by atoms with Gasteiger partial charge in [0.2, 0.25) is 0 Å². The van der Waals surface area contributed by atoms with Gasteiger partial charge < -0.3 is 4.74 Å². The number of thioether (sulfide) groups is 2. The summed E-state index contributed by atoms with van der Waals surface area (Å²) in [6, 6.07) is 0. The van der Waals surface area contributed by atoms with Crippen LogP contribution in [-0.2, 0) is 11.2 Å². The number of Topliss-reactive ketones (excluding diaryl/α,β-unsaturated/α-hetero) is 1. The monoisotopic (exact) mass is 891 g/mol. The molecule has 1 saturated heterocycles. The molecule has 62 heavy (non-hydrogen) atoms. The average Bonchev–Trinajstić information content (AvgIpc) is 3.19. The lowest BCUT2D eigenvalue weighted by molar-refractivity contribution is -0.112. The summed E-state index contributed by atoms with van der Waals surface area (Å²) in [5.41, 5.74) is 9.68. The molecule has 2 aliphatic heterocycles. The number of ketones is 1. The number of carbonyl (C=O) groups excluding carboxylic acids is 1. The number of hydrogen-bond donors (Lipinski definition) is 0. The zero-order valence-electron chi connectivity index (χ0n) is 43.7. The summed E-state index contributed by atoms with van der Waals surface area (Å²) in [6.07, 6.45) is 28.7. The van der Waals surface area contributed by atoms with Crippen molar-refractivity contribution in [2.45, 2.75) is 271 Å². The predicted octanol–water partition coefficient (Wildman–Crippen LogP) is 18.9. The maximum atomic E-state index is 13.7. The van der Waals surface area contributed by atoms with E-state index in [1.54, 1.807) is 0 Å². The lowest BCUT2D eigenvalue weighted by atomic mass is 9.79. The van der Waals surface area contributed by atoms with Crippen LogP contribution in [0, 0.1) is 56.3 Å². The van der Waals surface area contributed by atoms with E-state index in [4.69, 9.17) is 4.74 Å². The summed E-state index contributed by atoms with van der Waals surface area (Å²) in [5, 5.41) is 0. The van der Waals surface area contributed by atoms with Crippen LogP contribution in [0.4, 0.5) is 0 Å². The van der Waals surface area contributed by atoms with Gasteiger partial charge in [0.25, 0.3) is 0 Å². The van der Waals surface area contributed by atoms with E-state index >= 15 is 0 Å². The van der Waals surface area contributed by atoms with Crippen LogP contribution < -0.4 is 4.74 Å². The third kappa shape index (κ3) is 14.4. The Bertz CT molecular complexity index is 1680. The standard InChI is InChI=1S/C58H98O2S2/c1-39(2)23-17-25-41(5)27-19-29-43(7)31-21-35-56(15)37-33-51-48(12)54(45(9)46(10)55(51)61-56)60-58-50(14)47(11)53(59)49(13)52(58)34-38-57(16,62-58)36-22-32-44(8)30-20-28-42(6)26-18-24-40(3)4/h39-44H,17-38H2,1-16H3/t41-,42-,43-,44-,56-,57-,58?/m1/s1. The molecule has 0 N–H and O–H groups in total. The second-order valence-corrected chi connectivity index (χ2v) is 26.6. The molecule has 3 aliphatic rings. The van der Waals surface area contributed by atoms with Gasteiger partial charge in [0, 0.05) is 25.5 Å². The van der Waals surface area contributed by atoms with E-state index in [0.717, 1.165) is 77.2 Å². The molecule has 1 aromatic rings. The van der Waals surface area contributed by atoms with Crippen molar-refractivity contribution in [2.24, 2.45) is 35.5 Å². The number of hydrogen-bond acceptors (Lipinski definition) is 4.